The van der Waals surface area contributed by atoms with E-state index in [-0.39, 0.29) is 11.3 Å². The highest BCUT2D eigenvalue weighted by atomic mass is 19.4. The molecule has 1 aromatic carbocycles. The van der Waals surface area contributed by atoms with Gasteiger partial charge in [-0.05, 0) is 37.5 Å². The molecule has 0 unspecified atom stereocenters. The molecule has 1 aliphatic carbocycles. The van der Waals surface area contributed by atoms with Crippen molar-refractivity contribution in [1.82, 2.24) is 0 Å². The van der Waals surface area contributed by atoms with Crippen LogP contribution in [0.5, 0.6) is 0 Å². The highest BCUT2D eigenvalue weighted by Gasteiger charge is 2.37. The first-order chi connectivity index (χ1) is 9.22. The molecule has 6 heteroatoms. The number of nitrogens with two attached hydrogens (primary N) is 1. The summed E-state index contributed by atoms with van der Waals surface area (Å²) in [4.78, 5) is 12.1. The van der Waals surface area contributed by atoms with Crippen LogP contribution >= 0.6 is 0 Å². The number of aryl methyl sites for hydroxylation is 1. The molecule has 20 heavy (non-hydrogen) atoms. The maximum atomic E-state index is 12.8. The number of amides is 1. The summed E-state index contributed by atoms with van der Waals surface area (Å²) in [5.41, 5.74) is 4.53. The Kier molecular flexibility index (Phi) is 3.77. The van der Waals surface area contributed by atoms with E-state index in [1.807, 2.05) is 0 Å². The second kappa shape index (κ2) is 5.09. The maximum Gasteiger partial charge on any atom is 0.416 e. The first-order valence-electron chi connectivity index (χ1n) is 6.50. The van der Waals surface area contributed by atoms with Gasteiger partial charge in [0.05, 0.1) is 11.1 Å². The van der Waals surface area contributed by atoms with Crippen molar-refractivity contribution in [1.29, 1.82) is 0 Å². The van der Waals surface area contributed by atoms with Crippen LogP contribution in [0.25, 0.3) is 0 Å². The number of benzene rings is 1. The van der Waals surface area contributed by atoms with Gasteiger partial charge in [-0.3, -0.25) is 4.79 Å². The fourth-order valence-electron chi connectivity index (χ4n) is 2.49. The first-order valence-corrected chi connectivity index (χ1v) is 6.50. The molecule has 0 spiro atoms. The van der Waals surface area contributed by atoms with Crippen LogP contribution in [0.1, 0.15) is 36.8 Å². The molecule has 1 saturated carbocycles. The molecular formula is C14H17F3N2O. The summed E-state index contributed by atoms with van der Waals surface area (Å²) in [7, 11) is 0. The van der Waals surface area contributed by atoms with Crippen molar-refractivity contribution in [3.05, 3.63) is 29.3 Å². The number of hydrogen-bond donors (Lipinski definition) is 2. The summed E-state index contributed by atoms with van der Waals surface area (Å²) >= 11 is 0. The zero-order valence-corrected chi connectivity index (χ0v) is 11.2. The van der Waals surface area contributed by atoms with Gasteiger partial charge in [-0.1, -0.05) is 18.9 Å². The van der Waals surface area contributed by atoms with Crippen molar-refractivity contribution < 1.29 is 18.0 Å². The van der Waals surface area contributed by atoms with E-state index >= 15 is 0 Å². The highest BCUT2D eigenvalue weighted by Crippen LogP contribution is 2.34. The third-order valence-electron chi connectivity index (χ3n) is 3.75. The molecule has 1 aromatic rings. The highest BCUT2D eigenvalue weighted by molar-refractivity contribution is 5.98. The fraction of sp³-hybridized carbons (Fsp3) is 0.500. The Morgan fingerprint density at radius 2 is 1.90 bits per heavy atom. The van der Waals surface area contributed by atoms with E-state index in [0.29, 0.717) is 12.8 Å². The zero-order chi connectivity index (χ0) is 15.0. The van der Waals surface area contributed by atoms with Gasteiger partial charge in [0.25, 0.3) is 0 Å². The number of anilines is 1. The number of carbonyl (C=O) groups excluding carboxylic acids is 1. The van der Waals surface area contributed by atoms with Gasteiger partial charge in [0.15, 0.2) is 0 Å². The fourth-order valence-corrected chi connectivity index (χ4v) is 2.49. The minimum Gasteiger partial charge on any atom is -0.324 e. The van der Waals surface area contributed by atoms with Crippen LogP contribution in [0.3, 0.4) is 0 Å². The van der Waals surface area contributed by atoms with Gasteiger partial charge < -0.3 is 11.1 Å². The number of rotatable bonds is 2. The lowest BCUT2D eigenvalue weighted by Gasteiger charge is -2.22. The third-order valence-corrected chi connectivity index (χ3v) is 3.75. The molecule has 0 heterocycles. The Morgan fingerprint density at radius 1 is 1.30 bits per heavy atom. The van der Waals surface area contributed by atoms with Gasteiger partial charge in [0.1, 0.15) is 0 Å². The normalized spacial score (nSPS) is 18.1. The number of nitrogens with one attached hydrogen (secondary N) is 1. The molecule has 2 rings (SSSR count). The summed E-state index contributed by atoms with van der Waals surface area (Å²) < 4.78 is 38.4. The molecular weight excluding hydrogens is 269 g/mol. The molecule has 3 nitrogen and oxygen atoms in total. The van der Waals surface area contributed by atoms with E-state index < -0.39 is 23.2 Å². The Labute approximate surface area is 115 Å². The van der Waals surface area contributed by atoms with Crippen LogP contribution in [0.15, 0.2) is 18.2 Å². The molecule has 0 radical (unpaired) electrons. The van der Waals surface area contributed by atoms with Crippen molar-refractivity contribution in [3.63, 3.8) is 0 Å². The predicted molar refractivity (Wildman–Crippen MR) is 70.2 cm³/mol. The van der Waals surface area contributed by atoms with Crippen LogP contribution in [-0.4, -0.2) is 11.4 Å². The van der Waals surface area contributed by atoms with E-state index in [1.54, 1.807) is 0 Å². The molecule has 0 aliphatic heterocycles. The van der Waals surface area contributed by atoms with Crippen LogP contribution in [0.2, 0.25) is 0 Å². The number of hydrogen-bond acceptors (Lipinski definition) is 2. The van der Waals surface area contributed by atoms with Gasteiger partial charge in [0.2, 0.25) is 5.91 Å². The lowest BCUT2D eigenvalue weighted by atomic mass is 9.98. The van der Waals surface area contributed by atoms with E-state index in [0.717, 1.165) is 18.9 Å². The summed E-state index contributed by atoms with van der Waals surface area (Å²) in [6.45, 7) is 1.38. The second-order valence-electron chi connectivity index (χ2n) is 5.34. The lowest BCUT2D eigenvalue weighted by molar-refractivity contribution is -0.138. The van der Waals surface area contributed by atoms with Crippen molar-refractivity contribution in [3.8, 4) is 0 Å². The zero-order valence-electron chi connectivity index (χ0n) is 11.2. The maximum absolute atomic E-state index is 12.8. The van der Waals surface area contributed by atoms with Crippen molar-refractivity contribution in [2.75, 3.05) is 5.32 Å². The average molecular weight is 286 g/mol. The Bertz CT molecular complexity index is 520. The van der Waals surface area contributed by atoms with Crippen LogP contribution in [0, 0.1) is 6.92 Å². The Balaban J connectivity index is 2.20. The largest absolute Gasteiger partial charge is 0.416 e. The lowest BCUT2D eigenvalue weighted by Crippen LogP contribution is -2.48. The van der Waals surface area contributed by atoms with Crippen LogP contribution < -0.4 is 11.1 Å². The smallest absolute Gasteiger partial charge is 0.324 e. The SMILES string of the molecule is Cc1ccc(NC(=O)C2(N)CCCC2)cc1C(F)(F)F. The van der Waals surface area contributed by atoms with Gasteiger partial charge in [0, 0.05) is 5.69 Å². The quantitative estimate of drug-likeness (QED) is 0.877. The third kappa shape index (κ3) is 2.95. The molecule has 0 atom stereocenters. The molecule has 0 bridgehead atoms. The summed E-state index contributed by atoms with van der Waals surface area (Å²) in [5, 5.41) is 2.50. The first kappa shape index (κ1) is 14.8. The molecule has 110 valence electrons. The van der Waals surface area contributed by atoms with Gasteiger partial charge in [-0.15, -0.1) is 0 Å². The van der Waals surface area contributed by atoms with Crippen LogP contribution in [-0.2, 0) is 11.0 Å². The predicted octanol–water partition coefficient (Wildman–Crippen LogP) is 3.22. The van der Waals surface area contributed by atoms with E-state index in [9.17, 15) is 18.0 Å². The molecule has 1 aliphatic rings. The number of alkyl halides is 3. The average Bonchev–Trinajstić information content (AvgIpc) is 2.78. The van der Waals surface area contributed by atoms with E-state index in [4.69, 9.17) is 5.73 Å². The molecule has 1 amide bonds. The van der Waals surface area contributed by atoms with Gasteiger partial charge in [-0.25, -0.2) is 0 Å². The number of halogens is 3. The molecule has 0 aromatic heterocycles. The van der Waals surface area contributed by atoms with E-state index in [1.165, 1.54) is 19.1 Å². The number of carbonyl (C=O) groups is 1. The minimum absolute atomic E-state index is 0.124. The van der Waals surface area contributed by atoms with E-state index in [2.05, 4.69) is 5.32 Å². The van der Waals surface area contributed by atoms with Crippen LogP contribution in [0.4, 0.5) is 18.9 Å². The topological polar surface area (TPSA) is 55.1 Å². The Hall–Kier alpha value is -1.56. The molecule has 3 N–H and O–H groups in total. The van der Waals surface area contributed by atoms with Gasteiger partial charge in [-0.2, -0.15) is 13.2 Å². The minimum atomic E-state index is -4.43. The molecule has 0 saturated heterocycles. The Morgan fingerprint density at radius 3 is 2.45 bits per heavy atom. The van der Waals surface area contributed by atoms with Crippen molar-refractivity contribution in [2.45, 2.75) is 44.3 Å². The second-order valence-corrected chi connectivity index (χ2v) is 5.34. The van der Waals surface area contributed by atoms with Gasteiger partial charge >= 0.3 is 6.18 Å². The van der Waals surface area contributed by atoms with Crippen molar-refractivity contribution >= 4 is 11.6 Å². The summed E-state index contributed by atoms with van der Waals surface area (Å²) in [6, 6.07) is 3.75. The summed E-state index contributed by atoms with van der Waals surface area (Å²) in [6.07, 6.45) is -1.57. The monoisotopic (exact) mass is 286 g/mol. The van der Waals surface area contributed by atoms with Crippen molar-refractivity contribution in [2.24, 2.45) is 5.73 Å². The standard InChI is InChI=1S/C14H17F3N2O/c1-9-4-5-10(8-11(9)14(15,16)17)19-12(20)13(18)6-2-3-7-13/h4-5,8H,2-3,6-7,18H2,1H3,(H,19,20). The summed E-state index contributed by atoms with van der Waals surface area (Å²) in [5.74, 6) is -0.410. The molecule has 1 fully saturated rings.